The highest BCUT2D eigenvalue weighted by molar-refractivity contribution is 5.07. The van der Waals surface area contributed by atoms with Crippen LogP contribution in [0.15, 0.2) is 0 Å². The Labute approximate surface area is 76.1 Å². The summed E-state index contributed by atoms with van der Waals surface area (Å²) in [6.07, 6.45) is 2.96. The second-order valence-corrected chi connectivity index (χ2v) is 5.15. The minimum atomic E-state index is 0.759. The maximum Gasteiger partial charge on any atom is 0.0134 e. The Morgan fingerprint density at radius 1 is 1.08 bits per heavy atom. The van der Waals surface area contributed by atoms with Crippen molar-refractivity contribution in [3.05, 3.63) is 0 Å². The molecule has 2 fully saturated rings. The topological polar surface area (TPSA) is 3.24 Å². The van der Waals surface area contributed by atoms with E-state index >= 15 is 0 Å². The molecule has 0 aromatic carbocycles. The third kappa shape index (κ3) is 1.19. The number of piperidine rings is 1. The molecule has 1 heterocycles. The molecule has 0 spiro atoms. The summed E-state index contributed by atoms with van der Waals surface area (Å²) in [6, 6.07) is 2.61. The van der Waals surface area contributed by atoms with E-state index in [0.717, 1.165) is 30.0 Å². The van der Waals surface area contributed by atoms with Gasteiger partial charge >= 0.3 is 0 Å². The normalized spacial score (nSPS) is 41.0. The Bertz CT molecular complexity index is 174. The van der Waals surface area contributed by atoms with Gasteiger partial charge in [-0.3, -0.25) is 4.90 Å². The molecule has 1 heteroatoms. The van der Waals surface area contributed by atoms with Crippen molar-refractivity contribution in [3.8, 4) is 0 Å². The van der Waals surface area contributed by atoms with Crippen molar-refractivity contribution in [2.24, 2.45) is 11.8 Å². The fourth-order valence-electron chi connectivity index (χ4n) is 2.91. The molecule has 0 amide bonds. The van der Waals surface area contributed by atoms with Crippen LogP contribution >= 0.6 is 0 Å². The zero-order chi connectivity index (χ0) is 8.88. The van der Waals surface area contributed by atoms with Crippen LogP contribution in [0.25, 0.3) is 0 Å². The molecule has 0 aromatic heterocycles. The summed E-state index contributed by atoms with van der Waals surface area (Å²) in [5, 5.41) is 0. The van der Waals surface area contributed by atoms with Crippen molar-refractivity contribution < 1.29 is 0 Å². The molecule has 1 aliphatic carbocycles. The summed E-state index contributed by atoms with van der Waals surface area (Å²) in [5.74, 6) is 1.92. The first-order valence-electron chi connectivity index (χ1n) is 5.38. The van der Waals surface area contributed by atoms with Crippen molar-refractivity contribution in [3.63, 3.8) is 0 Å². The van der Waals surface area contributed by atoms with Crippen molar-refractivity contribution in [1.82, 2.24) is 4.90 Å². The lowest BCUT2D eigenvalue weighted by Crippen LogP contribution is -2.41. The van der Waals surface area contributed by atoms with E-state index in [1.165, 1.54) is 12.8 Å². The molecular weight excluding hydrogens is 146 g/mol. The van der Waals surface area contributed by atoms with E-state index in [9.17, 15) is 0 Å². The van der Waals surface area contributed by atoms with E-state index < -0.39 is 0 Å². The molecule has 1 saturated carbocycles. The lowest BCUT2D eigenvalue weighted by molar-refractivity contribution is 0.136. The molecule has 3 atom stereocenters. The lowest BCUT2D eigenvalue weighted by atomic mass is 9.99. The highest BCUT2D eigenvalue weighted by Gasteiger charge is 2.52. The van der Waals surface area contributed by atoms with Crippen LogP contribution in [-0.4, -0.2) is 23.0 Å². The zero-order valence-corrected chi connectivity index (χ0v) is 8.75. The Balaban J connectivity index is 2.06. The van der Waals surface area contributed by atoms with Crippen molar-refractivity contribution in [2.45, 2.75) is 58.7 Å². The van der Waals surface area contributed by atoms with Crippen LogP contribution in [0.1, 0.15) is 40.5 Å². The van der Waals surface area contributed by atoms with Gasteiger partial charge in [0, 0.05) is 18.1 Å². The molecule has 0 aromatic rings. The van der Waals surface area contributed by atoms with Gasteiger partial charge in [-0.1, -0.05) is 13.8 Å². The first kappa shape index (κ1) is 8.55. The molecule has 0 N–H and O–H groups in total. The van der Waals surface area contributed by atoms with Gasteiger partial charge in [0.15, 0.2) is 0 Å². The summed E-state index contributed by atoms with van der Waals surface area (Å²) in [7, 11) is 0. The van der Waals surface area contributed by atoms with E-state index in [2.05, 4.69) is 32.6 Å². The number of likely N-dealkylation sites (tertiary alicyclic amines) is 1. The Morgan fingerprint density at radius 2 is 1.75 bits per heavy atom. The van der Waals surface area contributed by atoms with Crippen molar-refractivity contribution >= 4 is 0 Å². The predicted molar refractivity (Wildman–Crippen MR) is 52.1 cm³/mol. The maximum absolute atomic E-state index is 2.76. The average molecular weight is 167 g/mol. The summed E-state index contributed by atoms with van der Waals surface area (Å²) >= 11 is 0. The van der Waals surface area contributed by atoms with Crippen LogP contribution in [-0.2, 0) is 0 Å². The van der Waals surface area contributed by atoms with E-state index in [-0.39, 0.29) is 0 Å². The SMILES string of the molecule is CC(C)C1C[C@@H]2C[C@@H]2N1C(C)C. The van der Waals surface area contributed by atoms with E-state index in [4.69, 9.17) is 0 Å². The molecule has 1 aliphatic heterocycles. The fourth-order valence-corrected chi connectivity index (χ4v) is 2.91. The number of nitrogens with zero attached hydrogens (tertiary/aromatic N) is 1. The molecule has 1 nitrogen and oxygen atoms in total. The highest BCUT2D eigenvalue weighted by Crippen LogP contribution is 2.50. The average Bonchev–Trinajstić information content (AvgIpc) is 2.60. The molecule has 1 unspecified atom stereocenters. The molecule has 0 radical (unpaired) electrons. The van der Waals surface area contributed by atoms with Crippen LogP contribution in [0.4, 0.5) is 0 Å². The number of rotatable bonds is 2. The molecule has 0 bridgehead atoms. The molecule has 70 valence electrons. The largest absolute Gasteiger partial charge is 0.294 e. The van der Waals surface area contributed by atoms with E-state index in [1.54, 1.807) is 0 Å². The van der Waals surface area contributed by atoms with Crippen LogP contribution in [0.3, 0.4) is 0 Å². The van der Waals surface area contributed by atoms with Crippen LogP contribution in [0.2, 0.25) is 0 Å². The predicted octanol–water partition coefficient (Wildman–Crippen LogP) is 2.51. The minimum Gasteiger partial charge on any atom is -0.294 e. The van der Waals surface area contributed by atoms with Gasteiger partial charge in [0.2, 0.25) is 0 Å². The molecule has 12 heavy (non-hydrogen) atoms. The first-order chi connectivity index (χ1) is 5.61. The van der Waals surface area contributed by atoms with Gasteiger partial charge in [0.1, 0.15) is 0 Å². The van der Waals surface area contributed by atoms with Crippen LogP contribution in [0, 0.1) is 11.8 Å². The fraction of sp³-hybridized carbons (Fsp3) is 1.00. The second kappa shape index (κ2) is 2.73. The van der Waals surface area contributed by atoms with E-state index in [1.807, 2.05) is 0 Å². The van der Waals surface area contributed by atoms with Crippen LogP contribution < -0.4 is 0 Å². The summed E-state index contributed by atoms with van der Waals surface area (Å²) in [5.41, 5.74) is 0. The quantitative estimate of drug-likeness (QED) is 0.611. The Morgan fingerprint density at radius 3 is 2.17 bits per heavy atom. The second-order valence-electron chi connectivity index (χ2n) is 5.15. The van der Waals surface area contributed by atoms with Crippen molar-refractivity contribution in [1.29, 1.82) is 0 Å². The Hall–Kier alpha value is -0.0400. The standard InChI is InChI=1S/C11H21N/c1-7(2)10-5-9-6-11(9)12(10)8(3)4/h7-11H,5-6H2,1-4H3/t9-,10?,11+/m1/s1. The highest BCUT2D eigenvalue weighted by atomic mass is 15.3. The maximum atomic E-state index is 2.76. The third-order valence-corrected chi connectivity index (χ3v) is 3.56. The Kier molecular flexibility index (Phi) is 1.95. The molecular formula is C11H21N. The zero-order valence-electron chi connectivity index (χ0n) is 8.75. The number of fused-ring (bicyclic) bond motifs is 1. The summed E-state index contributed by atoms with van der Waals surface area (Å²) < 4.78 is 0. The molecule has 2 aliphatic rings. The van der Waals surface area contributed by atoms with Gasteiger partial charge in [-0.2, -0.15) is 0 Å². The van der Waals surface area contributed by atoms with E-state index in [0.29, 0.717) is 0 Å². The van der Waals surface area contributed by atoms with Crippen molar-refractivity contribution in [2.75, 3.05) is 0 Å². The first-order valence-corrected chi connectivity index (χ1v) is 5.38. The molecule has 2 rings (SSSR count). The molecule has 1 saturated heterocycles. The van der Waals surface area contributed by atoms with Gasteiger partial charge in [0.25, 0.3) is 0 Å². The monoisotopic (exact) mass is 167 g/mol. The van der Waals surface area contributed by atoms with Gasteiger partial charge in [-0.05, 0) is 38.5 Å². The lowest BCUT2D eigenvalue weighted by Gasteiger charge is -2.33. The smallest absolute Gasteiger partial charge is 0.0134 e. The third-order valence-electron chi connectivity index (χ3n) is 3.56. The summed E-state index contributed by atoms with van der Waals surface area (Å²) in [4.78, 5) is 2.76. The van der Waals surface area contributed by atoms with Gasteiger partial charge in [-0.15, -0.1) is 0 Å². The van der Waals surface area contributed by atoms with Gasteiger partial charge < -0.3 is 0 Å². The van der Waals surface area contributed by atoms with Crippen LogP contribution in [0.5, 0.6) is 0 Å². The number of hydrogen-bond acceptors (Lipinski definition) is 1. The summed E-state index contributed by atoms with van der Waals surface area (Å²) in [6.45, 7) is 9.42. The number of hydrogen-bond donors (Lipinski definition) is 0. The minimum absolute atomic E-state index is 0.759. The van der Waals surface area contributed by atoms with Gasteiger partial charge in [0.05, 0.1) is 0 Å². The van der Waals surface area contributed by atoms with Gasteiger partial charge in [-0.25, -0.2) is 0 Å².